The zero-order valence-corrected chi connectivity index (χ0v) is 16.4. The Bertz CT molecular complexity index is 468. The molecule has 1 fully saturated rings. The maximum atomic E-state index is 14.4. The minimum atomic E-state index is -0.246. The summed E-state index contributed by atoms with van der Waals surface area (Å²) in [6, 6.07) is 2.98. The number of benzene rings is 1. The van der Waals surface area contributed by atoms with E-state index >= 15 is 0 Å². The van der Waals surface area contributed by atoms with Gasteiger partial charge in [0.25, 0.3) is 0 Å². The quantitative estimate of drug-likeness (QED) is 0.496. The van der Waals surface area contributed by atoms with Crippen molar-refractivity contribution in [2.45, 2.75) is 38.6 Å². The molecule has 1 aliphatic heterocycles. The normalized spacial score (nSPS) is 16.3. The predicted octanol–water partition coefficient (Wildman–Crippen LogP) is 5.50. The van der Waals surface area contributed by atoms with E-state index in [1.54, 1.807) is 0 Å². The average Bonchev–Trinajstić information content (AvgIpc) is 2.51. The second kappa shape index (κ2) is 11.7. The Morgan fingerprint density at radius 1 is 1.17 bits per heavy atom. The van der Waals surface area contributed by atoms with E-state index in [1.165, 1.54) is 12.1 Å². The summed E-state index contributed by atoms with van der Waals surface area (Å²) in [6.07, 6.45) is 4.31. The van der Waals surface area contributed by atoms with Crippen molar-refractivity contribution in [2.75, 3.05) is 26.2 Å². The van der Waals surface area contributed by atoms with Gasteiger partial charge in [0.15, 0.2) is 0 Å². The summed E-state index contributed by atoms with van der Waals surface area (Å²) in [7, 11) is 0. The fourth-order valence-corrected chi connectivity index (χ4v) is 3.38. The lowest BCUT2D eigenvalue weighted by atomic mass is 9.97. The molecule has 1 aromatic rings. The van der Waals surface area contributed by atoms with Gasteiger partial charge in [0.05, 0.1) is 10.0 Å². The maximum Gasteiger partial charge on any atom is 0.129 e. The Morgan fingerprint density at radius 3 is 2.43 bits per heavy atom. The van der Waals surface area contributed by atoms with Crippen molar-refractivity contribution in [1.82, 2.24) is 10.2 Å². The first-order valence-corrected chi connectivity index (χ1v) is 8.49. The highest BCUT2D eigenvalue weighted by atomic mass is 35.5. The number of nitrogens with one attached hydrogen (secondary N) is 1. The van der Waals surface area contributed by atoms with Gasteiger partial charge in [0, 0.05) is 37.8 Å². The van der Waals surface area contributed by atoms with E-state index < -0.39 is 0 Å². The van der Waals surface area contributed by atoms with Crippen molar-refractivity contribution in [3.63, 3.8) is 0 Å². The molecule has 0 aliphatic carbocycles. The number of hydrogen-bond donors (Lipinski definition) is 1. The highest BCUT2D eigenvalue weighted by Crippen LogP contribution is 2.37. The van der Waals surface area contributed by atoms with Crippen LogP contribution in [0, 0.1) is 5.82 Å². The molecule has 0 saturated carbocycles. The van der Waals surface area contributed by atoms with E-state index in [9.17, 15) is 4.39 Å². The number of piperazine rings is 1. The lowest BCUT2D eigenvalue weighted by Crippen LogP contribution is -2.45. The van der Waals surface area contributed by atoms with Crippen molar-refractivity contribution in [1.29, 1.82) is 0 Å². The first kappa shape index (κ1) is 23.2. The lowest BCUT2D eigenvalue weighted by Gasteiger charge is -2.36. The lowest BCUT2D eigenvalue weighted by molar-refractivity contribution is 0.159. The van der Waals surface area contributed by atoms with Crippen LogP contribution in [-0.4, -0.2) is 31.1 Å². The van der Waals surface area contributed by atoms with Gasteiger partial charge < -0.3 is 5.32 Å². The van der Waals surface area contributed by atoms with Crippen LogP contribution in [0.2, 0.25) is 10.0 Å². The molecular weight excluding hydrogens is 381 g/mol. The highest BCUT2D eigenvalue weighted by molar-refractivity contribution is 6.42. The molecule has 0 amide bonds. The van der Waals surface area contributed by atoms with E-state index in [4.69, 9.17) is 23.2 Å². The molecule has 0 bridgehead atoms. The summed E-state index contributed by atoms with van der Waals surface area (Å²) >= 11 is 12.4. The van der Waals surface area contributed by atoms with Gasteiger partial charge in [-0.05, 0) is 18.6 Å². The number of unbranched alkanes of at least 4 members (excludes halogenated alkanes) is 2. The molecule has 0 radical (unpaired) electrons. The second-order valence-corrected chi connectivity index (χ2v) is 6.34. The second-order valence-electron chi connectivity index (χ2n) is 5.55. The molecule has 0 spiro atoms. The number of nitrogens with zero attached hydrogens (tertiary/aromatic N) is 1. The first-order valence-electron chi connectivity index (χ1n) is 7.73. The molecule has 1 N–H and O–H groups in total. The zero-order chi connectivity index (χ0) is 15.2. The van der Waals surface area contributed by atoms with Crippen molar-refractivity contribution in [3.8, 4) is 0 Å². The van der Waals surface area contributed by atoms with Crippen LogP contribution in [0.25, 0.3) is 0 Å². The van der Waals surface area contributed by atoms with Crippen LogP contribution in [0.15, 0.2) is 12.1 Å². The molecule has 0 aromatic heterocycles. The summed E-state index contributed by atoms with van der Waals surface area (Å²) in [5.41, 5.74) is 0.571. The molecule has 1 atom stereocenters. The topological polar surface area (TPSA) is 15.3 Å². The molecule has 0 unspecified atom stereocenters. The molecule has 2 nitrogen and oxygen atoms in total. The summed E-state index contributed by atoms with van der Waals surface area (Å²) in [6.45, 7) is 5.87. The van der Waals surface area contributed by atoms with E-state index in [2.05, 4.69) is 17.1 Å². The Balaban J connectivity index is 0.00000242. The molecule has 1 saturated heterocycles. The Labute approximate surface area is 160 Å². The summed E-state index contributed by atoms with van der Waals surface area (Å²) in [5.74, 6) is -0.246. The monoisotopic (exact) mass is 404 g/mol. The molecule has 1 aliphatic rings. The summed E-state index contributed by atoms with van der Waals surface area (Å²) in [4.78, 5) is 2.33. The van der Waals surface area contributed by atoms with Crippen LogP contribution in [0.1, 0.15) is 44.2 Å². The summed E-state index contributed by atoms with van der Waals surface area (Å²) in [5, 5.41) is 4.14. The number of halogens is 5. The smallest absolute Gasteiger partial charge is 0.129 e. The number of hydrogen-bond acceptors (Lipinski definition) is 2. The molecule has 23 heavy (non-hydrogen) atoms. The van der Waals surface area contributed by atoms with Crippen LogP contribution in [-0.2, 0) is 0 Å². The third-order valence-corrected chi connectivity index (χ3v) is 4.91. The minimum absolute atomic E-state index is 0. The van der Waals surface area contributed by atoms with E-state index in [1.807, 2.05) is 0 Å². The molecule has 134 valence electrons. The van der Waals surface area contributed by atoms with Crippen LogP contribution in [0.3, 0.4) is 0 Å². The van der Waals surface area contributed by atoms with E-state index in [0.29, 0.717) is 15.6 Å². The van der Waals surface area contributed by atoms with Crippen LogP contribution < -0.4 is 5.32 Å². The third-order valence-electron chi connectivity index (χ3n) is 4.09. The fraction of sp³-hybridized carbons (Fsp3) is 0.625. The van der Waals surface area contributed by atoms with Gasteiger partial charge in [-0.1, -0.05) is 49.4 Å². The highest BCUT2D eigenvalue weighted by Gasteiger charge is 2.27. The first-order chi connectivity index (χ1) is 10.1. The van der Waals surface area contributed by atoms with Crippen molar-refractivity contribution in [2.24, 2.45) is 0 Å². The standard InChI is InChI=1S/C16H23Cl2FN2.2ClH/c1-2-3-4-5-14(21-10-8-20-9-11-21)15-13(19)7-6-12(17)16(15)18;;/h6-7,14,20H,2-5,8-11H2,1H3;2*1H/t14-;;/m1../s1. The average molecular weight is 406 g/mol. The Morgan fingerprint density at radius 2 is 1.83 bits per heavy atom. The third kappa shape index (κ3) is 6.22. The molecule has 2 rings (SSSR count). The van der Waals surface area contributed by atoms with Gasteiger partial charge in [-0.15, -0.1) is 24.8 Å². The number of rotatable bonds is 6. The molecule has 1 aromatic carbocycles. The largest absolute Gasteiger partial charge is 0.314 e. The van der Waals surface area contributed by atoms with Crippen LogP contribution in [0.4, 0.5) is 4.39 Å². The minimum Gasteiger partial charge on any atom is -0.314 e. The van der Waals surface area contributed by atoms with Crippen molar-refractivity contribution >= 4 is 48.0 Å². The maximum absolute atomic E-state index is 14.4. The van der Waals surface area contributed by atoms with Gasteiger partial charge in [-0.3, -0.25) is 4.90 Å². The van der Waals surface area contributed by atoms with E-state index in [0.717, 1.165) is 51.9 Å². The van der Waals surface area contributed by atoms with Gasteiger partial charge in [-0.2, -0.15) is 0 Å². The molecular formula is C16H25Cl4FN2. The van der Waals surface area contributed by atoms with Gasteiger partial charge in [0.1, 0.15) is 5.82 Å². The molecule has 1 heterocycles. The van der Waals surface area contributed by atoms with Crippen molar-refractivity contribution < 1.29 is 4.39 Å². The predicted molar refractivity (Wildman–Crippen MR) is 102 cm³/mol. The van der Waals surface area contributed by atoms with Crippen LogP contribution >= 0.6 is 48.0 Å². The van der Waals surface area contributed by atoms with Gasteiger partial charge in [-0.25, -0.2) is 4.39 Å². The Hall–Kier alpha value is 0.230. The zero-order valence-electron chi connectivity index (χ0n) is 13.3. The fourth-order valence-electron chi connectivity index (χ4n) is 2.94. The van der Waals surface area contributed by atoms with Crippen molar-refractivity contribution in [3.05, 3.63) is 33.6 Å². The Kier molecular flexibility index (Phi) is 11.8. The van der Waals surface area contributed by atoms with Gasteiger partial charge in [0.2, 0.25) is 0 Å². The SMILES string of the molecule is CCCCC[C@H](c1c(F)ccc(Cl)c1Cl)N1CCNCC1.Cl.Cl. The molecule has 7 heteroatoms. The van der Waals surface area contributed by atoms with E-state index in [-0.39, 0.29) is 36.7 Å². The van der Waals surface area contributed by atoms with Gasteiger partial charge >= 0.3 is 0 Å². The summed E-state index contributed by atoms with van der Waals surface area (Å²) < 4.78 is 14.4. The van der Waals surface area contributed by atoms with Crippen LogP contribution in [0.5, 0.6) is 0 Å².